The number of hydrogen-bond donors (Lipinski definition) is 0. The molecule has 0 radical (unpaired) electrons. The Morgan fingerprint density at radius 2 is 0.567 bits per heavy atom. The SMILES string of the molecule is CCCCCCCC/C=C\C/C=C\CCC(=O)OCC(COC(=O)CCCCCCC/C=C\CCCCCCCCCCC)OC(=O)CCCCCCC/C=C\CCCCCCCCCCC. The summed E-state index contributed by atoms with van der Waals surface area (Å²) in [4.78, 5) is 38.1. The molecule has 0 saturated carbocycles. The monoisotopic (exact) mass is 939 g/mol. The second-order valence-corrected chi connectivity index (χ2v) is 19.5. The number of hydrogen-bond acceptors (Lipinski definition) is 6. The molecule has 0 aromatic heterocycles. The van der Waals surface area contributed by atoms with Gasteiger partial charge in [-0.2, -0.15) is 0 Å². The summed E-state index contributed by atoms with van der Waals surface area (Å²) in [6, 6.07) is 0. The van der Waals surface area contributed by atoms with Gasteiger partial charge >= 0.3 is 17.9 Å². The zero-order valence-corrected chi connectivity index (χ0v) is 44.7. The smallest absolute Gasteiger partial charge is 0.306 e. The van der Waals surface area contributed by atoms with E-state index in [0.717, 1.165) is 70.6 Å². The largest absolute Gasteiger partial charge is 0.462 e. The summed E-state index contributed by atoms with van der Waals surface area (Å²) in [7, 11) is 0. The van der Waals surface area contributed by atoms with Gasteiger partial charge in [-0.05, 0) is 89.9 Å². The Morgan fingerprint density at radius 3 is 0.925 bits per heavy atom. The van der Waals surface area contributed by atoms with E-state index in [4.69, 9.17) is 14.2 Å². The molecule has 390 valence electrons. The lowest BCUT2D eigenvalue weighted by Crippen LogP contribution is -2.30. The van der Waals surface area contributed by atoms with E-state index >= 15 is 0 Å². The molecule has 0 aliphatic heterocycles. The number of esters is 3. The average molecular weight is 940 g/mol. The number of carbonyl (C=O) groups excluding carboxylic acids is 3. The third kappa shape index (κ3) is 54.2. The van der Waals surface area contributed by atoms with Gasteiger partial charge in [-0.3, -0.25) is 14.4 Å². The van der Waals surface area contributed by atoms with Crippen LogP contribution >= 0.6 is 0 Å². The molecular weight excluding hydrogens is 829 g/mol. The van der Waals surface area contributed by atoms with E-state index in [2.05, 4.69) is 63.3 Å². The molecule has 0 bridgehead atoms. The van der Waals surface area contributed by atoms with Gasteiger partial charge in [0.25, 0.3) is 0 Å². The molecule has 0 rings (SSSR count). The number of rotatable bonds is 53. The summed E-state index contributed by atoms with van der Waals surface area (Å²) in [5.74, 6) is -0.970. The van der Waals surface area contributed by atoms with Gasteiger partial charge in [-0.1, -0.05) is 243 Å². The highest BCUT2D eigenvalue weighted by Gasteiger charge is 2.19. The fourth-order valence-corrected chi connectivity index (χ4v) is 8.37. The lowest BCUT2D eigenvalue weighted by molar-refractivity contribution is -0.166. The van der Waals surface area contributed by atoms with E-state index in [9.17, 15) is 14.4 Å². The van der Waals surface area contributed by atoms with Gasteiger partial charge in [0.2, 0.25) is 0 Å². The van der Waals surface area contributed by atoms with Crippen LogP contribution in [0.5, 0.6) is 0 Å². The molecule has 6 heteroatoms. The van der Waals surface area contributed by atoms with Crippen molar-refractivity contribution >= 4 is 17.9 Å². The van der Waals surface area contributed by atoms with Crippen LogP contribution in [0, 0.1) is 0 Å². The molecular formula is C61H110O6. The molecule has 0 aromatic rings. The molecule has 0 amide bonds. The van der Waals surface area contributed by atoms with Crippen molar-refractivity contribution in [1.82, 2.24) is 0 Å². The fourth-order valence-electron chi connectivity index (χ4n) is 8.37. The molecule has 0 aliphatic rings. The molecule has 6 nitrogen and oxygen atoms in total. The van der Waals surface area contributed by atoms with Crippen molar-refractivity contribution in [2.45, 2.75) is 309 Å². The number of carbonyl (C=O) groups is 3. The number of ether oxygens (including phenoxy) is 3. The van der Waals surface area contributed by atoms with Crippen molar-refractivity contribution in [3.8, 4) is 0 Å². The van der Waals surface area contributed by atoms with Crippen molar-refractivity contribution in [2.75, 3.05) is 13.2 Å². The highest BCUT2D eigenvalue weighted by molar-refractivity contribution is 5.71. The predicted molar refractivity (Wildman–Crippen MR) is 289 cm³/mol. The summed E-state index contributed by atoms with van der Waals surface area (Å²) in [6.45, 7) is 6.60. The first kappa shape index (κ1) is 64.4. The Morgan fingerprint density at radius 1 is 0.299 bits per heavy atom. The minimum atomic E-state index is -0.802. The first-order chi connectivity index (χ1) is 33.0. The summed E-state index contributed by atoms with van der Waals surface area (Å²) >= 11 is 0. The standard InChI is InChI=1S/C61H110O6/c1-4-7-10-13-16-19-22-25-27-29-31-33-36-39-42-45-48-51-54-60(63)66-57-58(56-65-59(62)53-50-47-44-41-38-35-24-21-18-15-12-9-6-3)67-61(64)55-52-49-46-43-40-37-34-32-30-28-26-23-20-17-14-11-8-5-2/h31-35,38,44,47,58H,4-30,36-37,39-43,45-46,48-57H2,1-3H3/b33-31-,34-32-,38-35-,47-44-. The van der Waals surface area contributed by atoms with Gasteiger partial charge in [-0.25, -0.2) is 0 Å². The first-order valence-electron chi connectivity index (χ1n) is 29.1. The average Bonchev–Trinajstić information content (AvgIpc) is 3.33. The Labute approximate surface area is 416 Å². The maximum Gasteiger partial charge on any atom is 0.306 e. The minimum absolute atomic E-state index is 0.0964. The summed E-state index contributed by atoms with van der Waals surface area (Å²) in [5, 5.41) is 0. The van der Waals surface area contributed by atoms with Crippen molar-refractivity contribution in [3.05, 3.63) is 48.6 Å². The maximum absolute atomic E-state index is 12.8. The fraction of sp³-hybridized carbons (Fsp3) is 0.820. The maximum atomic E-state index is 12.8. The van der Waals surface area contributed by atoms with E-state index in [1.54, 1.807) is 0 Å². The second-order valence-electron chi connectivity index (χ2n) is 19.5. The van der Waals surface area contributed by atoms with Gasteiger partial charge in [-0.15, -0.1) is 0 Å². The first-order valence-corrected chi connectivity index (χ1v) is 29.1. The Balaban J connectivity index is 4.41. The molecule has 1 unspecified atom stereocenters. The molecule has 0 aromatic carbocycles. The zero-order valence-electron chi connectivity index (χ0n) is 44.7. The van der Waals surface area contributed by atoms with Crippen LogP contribution in [0.25, 0.3) is 0 Å². The summed E-state index contributed by atoms with van der Waals surface area (Å²) in [6.07, 6.45) is 68.3. The Hall–Kier alpha value is -2.63. The van der Waals surface area contributed by atoms with E-state index in [-0.39, 0.29) is 37.5 Å². The van der Waals surface area contributed by atoms with Crippen LogP contribution in [-0.4, -0.2) is 37.2 Å². The lowest BCUT2D eigenvalue weighted by atomic mass is 10.1. The lowest BCUT2D eigenvalue weighted by Gasteiger charge is -2.18. The number of unbranched alkanes of at least 4 members (excludes halogenated alkanes) is 34. The van der Waals surface area contributed by atoms with E-state index in [1.165, 1.54) is 186 Å². The Kier molecular flexibility index (Phi) is 53.8. The van der Waals surface area contributed by atoms with Crippen molar-refractivity contribution in [1.29, 1.82) is 0 Å². The third-order valence-electron chi connectivity index (χ3n) is 12.8. The van der Waals surface area contributed by atoms with Gasteiger partial charge in [0, 0.05) is 19.3 Å². The van der Waals surface area contributed by atoms with Gasteiger partial charge < -0.3 is 14.2 Å². The van der Waals surface area contributed by atoms with Crippen LogP contribution in [0.3, 0.4) is 0 Å². The van der Waals surface area contributed by atoms with Crippen LogP contribution in [-0.2, 0) is 28.6 Å². The number of allylic oxidation sites excluding steroid dienone is 8. The topological polar surface area (TPSA) is 78.9 Å². The molecule has 0 spiro atoms. The van der Waals surface area contributed by atoms with E-state index in [0.29, 0.717) is 19.3 Å². The second kappa shape index (κ2) is 56.0. The Bertz CT molecular complexity index is 1170. The molecule has 0 saturated heterocycles. The van der Waals surface area contributed by atoms with Gasteiger partial charge in [0.15, 0.2) is 6.10 Å². The van der Waals surface area contributed by atoms with E-state index in [1.807, 2.05) is 6.08 Å². The van der Waals surface area contributed by atoms with Gasteiger partial charge in [0.05, 0.1) is 0 Å². The van der Waals surface area contributed by atoms with Crippen LogP contribution in [0.4, 0.5) is 0 Å². The van der Waals surface area contributed by atoms with Crippen LogP contribution in [0.1, 0.15) is 303 Å². The van der Waals surface area contributed by atoms with Crippen LogP contribution in [0.15, 0.2) is 48.6 Å². The molecule has 0 fully saturated rings. The molecule has 0 N–H and O–H groups in total. The summed E-state index contributed by atoms with van der Waals surface area (Å²) < 4.78 is 16.8. The highest BCUT2D eigenvalue weighted by Crippen LogP contribution is 2.15. The highest BCUT2D eigenvalue weighted by atomic mass is 16.6. The van der Waals surface area contributed by atoms with Crippen LogP contribution < -0.4 is 0 Å². The molecule has 0 aliphatic carbocycles. The summed E-state index contributed by atoms with van der Waals surface area (Å²) in [5.41, 5.74) is 0. The van der Waals surface area contributed by atoms with Crippen molar-refractivity contribution in [3.63, 3.8) is 0 Å². The minimum Gasteiger partial charge on any atom is -0.462 e. The van der Waals surface area contributed by atoms with E-state index < -0.39 is 6.10 Å². The predicted octanol–water partition coefficient (Wildman–Crippen LogP) is 19.4. The zero-order chi connectivity index (χ0) is 48.6. The van der Waals surface area contributed by atoms with Gasteiger partial charge in [0.1, 0.15) is 13.2 Å². The normalized spacial score (nSPS) is 12.3. The van der Waals surface area contributed by atoms with Crippen molar-refractivity contribution < 1.29 is 28.6 Å². The molecule has 0 heterocycles. The molecule has 67 heavy (non-hydrogen) atoms. The third-order valence-corrected chi connectivity index (χ3v) is 12.8. The molecule has 1 atom stereocenters. The van der Waals surface area contributed by atoms with Crippen LogP contribution in [0.2, 0.25) is 0 Å². The quantitative estimate of drug-likeness (QED) is 0.0262. The van der Waals surface area contributed by atoms with Crippen molar-refractivity contribution in [2.24, 2.45) is 0 Å².